The van der Waals surface area contributed by atoms with Crippen molar-refractivity contribution >= 4 is 5.97 Å². The van der Waals surface area contributed by atoms with Gasteiger partial charge in [0.25, 0.3) is 0 Å². The summed E-state index contributed by atoms with van der Waals surface area (Å²) in [6, 6.07) is 0. The second kappa shape index (κ2) is 7.07. The molecule has 1 aromatic rings. The van der Waals surface area contributed by atoms with E-state index in [1.807, 2.05) is 34.7 Å². The monoisotopic (exact) mass is 296 g/mol. The molecule has 2 atom stereocenters. The smallest absolute Gasteiger partial charge is 0.311 e. The van der Waals surface area contributed by atoms with E-state index in [4.69, 9.17) is 4.74 Å². The van der Waals surface area contributed by atoms with Crippen molar-refractivity contribution in [2.24, 2.45) is 13.0 Å². The van der Waals surface area contributed by atoms with Gasteiger partial charge in [0.2, 0.25) is 0 Å². The Hall–Kier alpha value is -1.36. The van der Waals surface area contributed by atoms with Gasteiger partial charge in [-0.2, -0.15) is 5.10 Å². The largest absolute Gasteiger partial charge is 0.466 e. The molecule has 0 radical (unpaired) electrons. The SMILES string of the molecule is CCCC(C(=O)OCC)C(O)c1cn(C)nc1C(C)(C)C. The zero-order valence-electron chi connectivity index (χ0n) is 14.0. The van der Waals surface area contributed by atoms with E-state index in [2.05, 4.69) is 5.10 Å². The molecule has 0 saturated carbocycles. The lowest BCUT2D eigenvalue weighted by atomic mass is 9.84. The van der Waals surface area contributed by atoms with Crippen LogP contribution >= 0.6 is 0 Å². The number of rotatable bonds is 6. The van der Waals surface area contributed by atoms with Gasteiger partial charge in [0.15, 0.2) is 0 Å². The van der Waals surface area contributed by atoms with Gasteiger partial charge in [-0.05, 0) is 13.3 Å². The van der Waals surface area contributed by atoms with Crippen LogP contribution < -0.4 is 0 Å². The fourth-order valence-corrected chi connectivity index (χ4v) is 2.49. The highest BCUT2D eigenvalue weighted by atomic mass is 16.5. The minimum absolute atomic E-state index is 0.191. The molecule has 0 aromatic carbocycles. The molecule has 1 N–H and O–H groups in total. The molecule has 0 aliphatic heterocycles. The molecule has 0 saturated heterocycles. The summed E-state index contributed by atoms with van der Waals surface area (Å²) >= 11 is 0. The number of esters is 1. The highest BCUT2D eigenvalue weighted by Crippen LogP contribution is 2.34. The van der Waals surface area contributed by atoms with E-state index in [-0.39, 0.29) is 11.4 Å². The first kappa shape index (κ1) is 17.7. The Balaban J connectivity index is 3.14. The van der Waals surface area contributed by atoms with Crippen molar-refractivity contribution < 1.29 is 14.6 Å². The predicted octanol–water partition coefficient (Wildman–Crippen LogP) is 2.73. The van der Waals surface area contributed by atoms with Crippen molar-refractivity contribution in [2.75, 3.05) is 6.61 Å². The van der Waals surface area contributed by atoms with Crippen molar-refractivity contribution in [1.82, 2.24) is 9.78 Å². The molecule has 0 spiro atoms. The summed E-state index contributed by atoms with van der Waals surface area (Å²) in [6.07, 6.45) is 2.32. The van der Waals surface area contributed by atoms with Crippen molar-refractivity contribution in [3.8, 4) is 0 Å². The molecule has 5 heteroatoms. The summed E-state index contributed by atoms with van der Waals surface area (Å²) < 4.78 is 6.79. The van der Waals surface area contributed by atoms with E-state index in [1.54, 1.807) is 17.8 Å². The predicted molar refractivity (Wildman–Crippen MR) is 81.9 cm³/mol. The first-order valence-electron chi connectivity index (χ1n) is 7.61. The zero-order valence-corrected chi connectivity index (χ0v) is 14.0. The van der Waals surface area contributed by atoms with Crippen molar-refractivity contribution in [3.63, 3.8) is 0 Å². The first-order chi connectivity index (χ1) is 9.72. The van der Waals surface area contributed by atoms with Crippen molar-refractivity contribution in [2.45, 2.75) is 59.0 Å². The number of hydrogen-bond donors (Lipinski definition) is 1. The highest BCUT2D eigenvalue weighted by Gasteiger charge is 2.34. The van der Waals surface area contributed by atoms with E-state index in [1.165, 1.54) is 0 Å². The average molecular weight is 296 g/mol. The van der Waals surface area contributed by atoms with Crippen LogP contribution in [-0.4, -0.2) is 27.5 Å². The molecule has 0 fully saturated rings. The summed E-state index contributed by atoms with van der Waals surface area (Å²) in [6.45, 7) is 10.2. The van der Waals surface area contributed by atoms with Gasteiger partial charge < -0.3 is 9.84 Å². The third-order valence-electron chi connectivity index (χ3n) is 3.46. The van der Waals surface area contributed by atoms with Gasteiger partial charge >= 0.3 is 5.97 Å². The van der Waals surface area contributed by atoms with E-state index >= 15 is 0 Å². The van der Waals surface area contributed by atoms with Gasteiger partial charge in [-0.25, -0.2) is 0 Å². The number of aryl methyl sites for hydroxylation is 1. The van der Waals surface area contributed by atoms with E-state index in [0.29, 0.717) is 13.0 Å². The minimum Gasteiger partial charge on any atom is -0.466 e. The topological polar surface area (TPSA) is 64.3 Å². The molecule has 0 bridgehead atoms. The Kier molecular flexibility index (Phi) is 5.96. The van der Waals surface area contributed by atoms with Gasteiger partial charge in [0.05, 0.1) is 24.3 Å². The Labute approximate surface area is 127 Å². The van der Waals surface area contributed by atoms with Crippen LogP contribution in [-0.2, 0) is 22.0 Å². The fourth-order valence-electron chi connectivity index (χ4n) is 2.49. The maximum atomic E-state index is 12.1. The highest BCUT2D eigenvalue weighted by molar-refractivity contribution is 5.73. The fraction of sp³-hybridized carbons (Fsp3) is 0.750. The number of carbonyl (C=O) groups is 1. The summed E-state index contributed by atoms with van der Waals surface area (Å²) in [5.74, 6) is -0.879. The van der Waals surface area contributed by atoms with Crippen LogP contribution in [0.5, 0.6) is 0 Å². The van der Waals surface area contributed by atoms with Crippen LogP contribution in [0.15, 0.2) is 6.20 Å². The molecule has 1 rings (SSSR count). The van der Waals surface area contributed by atoms with Crippen molar-refractivity contribution in [1.29, 1.82) is 0 Å². The maximum Gasteiger partial charge on any atom is 0.311 e. The minimum atomic E-state index is -0.882. The quantitative estimate of drug-likeness (QED) is 0.820. The van der Waals surface area contributed by atoms with E-state index in [9.17, 15) is 9.90 Å². The number of aliphatic hydroxyl groups is 1. The average Bonchev–Trinajstić information content (AvgIpc) is 2.77. The molecule has 1 aromatic heterocycles. The Bertz CT molecular complexity index is 474. The van der Waals surface area contributed by atoms with Gasteiger partial charge in [0, 0.05) is 24.2 Å². The van der Waals surface area contributed by atoms with Gasteiger partial charge in [-0.15, -0.1) is 0 Å². The number of ether oxygens (including phenoxy) is 1. The Morgan fingerprint density at radius 2 is 2.05 bits per heavy atom. The molecular weight excluding hydrogens is 268 g/mol. The molecule has 0 aliphatic rings. The maximum absolute atomic E-state index is 12.1. The lowest BCUT2D eigenvalue weighted by Gasteiger charge is -2.24. The van der Waals surface area contributed by atoms with E-state index in [0.717, 1.165) is 17.7 Å². The molecule has 2 unspecified atom stereocenters. The number of carbonyl (C=O) groups excluding carboxylic acids is 1. The van der Waals surface area contributed by atoms with Crippen LogP contribution in [0.1, 0.15) is 64.8 Å². The van der Waals surface area contributed by atoms with Crippen LogP contribution in [0.25, 0.3) is 0 Å². The molecule has 1 heterocycles. The lowest BCUT2D eigenvalue weighted by Crippen LogP contribution is -2.26. The Morgan fingerprint density at radius 1 is 1.43 bits per heavy atom. The van der Waals surface area contributed by atoms with Crippen LogP contribution in [0.2, 0.25) is 0 Å². The number of hydrogen-bond acceptors (Lipinski definition) is 4. The third-order valence-corrected chi connectivity index (χ3v) is 3.46. The second-order valence-corrected chi connectivity index (χ2v) is 6.45. The van der Waals surface area contributed by atoms with Gasteiger partial charge in [-0.1, -0.05) is 34.1 Å². The zero-order chi connectivity index (χ0) is 16.2. The summed E-state index contributed by atoms with van der Waals surface area (Å²) in [5, 5.41) is 15.2. The summed E-state index contributed by atoms with van der Waals surface area (Å²) in [5.41, 5.74) is 1.35. The standard InChI is InChI=1S/C16H28N2O3/c1-7-9-11(15(20)21-8-2)13(19)12-10-18(6)17-14(12)16(3,4)5/h10-11,13,19H,7-9H2,1-6H3. The molecule has 120 valence electrons. The molecule has 5 nitrogen and oxygen atoms in total. The van der Waals surface area contributed by atoms with Gasteiger partial charge in [-0.3, -0.25) is 9.48 Å². The van der Waals surface area contributed by atoms with E-state index < -0.39 is 12.0 Å². The molecule has 0 aliphatic carbocycles. The molecule has 21 heavy (non-hydrogen) atoms. The third kappa shape index (κ3) is 4.30. The normalized spacial score (nSPS) is 14.8. The first-order valence-corrected chi connectivity index (χ1v) is 7.61. The molecule has 0 amide bonds. The second-order valence-electron chi connectivity index (χ2n) is 6.45. The van der Waals surface area contributed by atoms with Gasteiger partial charge in [0.1, 0.15) is 0 Å². The summed E-state index contributed by atoms with van der Waals surface area (Å²) in [4.78, 5) is 12.1. The van der Waals surface area contributed by atoms with Crippen molar-refractivity contribution in [3.05, 3.63) is 17.5 Å². The van der Waals surface area contributed by atoms with Crippen LogP contribution in [0.4, 0.5) is 0 Å². The summed E-state index contributed by atoms with van der Waals surface area (Å²) in [7, 11) is 1.82. The number of nitrogens with zero attached hydrogens (tertiary/aromatic N) is 2. The van der Waals surface area contributed by atoms with Crippen LogP contribution in [0, 0.1) is 5.92 Å². The lowest BCUT2D eigenvalue weighted by molar-refractivity contribution is -0.152. The van der Waals surface area contributed by atoms with Crippen LogP contribution in [0.3, 0.4) is 0 Å². The Morgan fingerprint density at radius 3 is 2.52 bits per heavy atom. The molecular formula is C16H28N2O3. The number of aromatic nitrogens is 2. The number of aliphatic hydroxyl groups excluding tert-OH is 1.